The Morgan fingerprint density at radius 1 is 1.19 bits per heavy atom. The van der Waals surface area contributed by atoms with Crippen molar-refractivity contribution >= 4 is 11.9 Å². The first-order chi connectivity index (χ1) is 14.9. The quantitative estimate of drug-likeness (QED) is 0.501. The zero-order valence-corrected chi connectivity index (χ0v) is 18.7. The third-order valence-electron chi connectivity index (χ3n) is 5.71. The maximum Gasteiger partial charge on any atom is 0.230 e. The maximum absolute atomic E-state index is 13.1. The second-order valence-corrected chi connectivity index (χ2v) is 8.29. The van der Waals surface area contributed by atoms with Gasteiger partial charge in [0.25, 0.3) is 0 Å². The van der Waals surface area contributed by atoms with Gasteiger partial charge in [-0.3, -0.25) is 9.79 Å². The van der Waals surface area contributed by atoms with Crippen molar-refractivity contribution in [3.8, 4) is 5.69 Å². The van der Waals surface area contributed by atoms with Gasteiger partial charge in [-0.25, -0.2) is 9.07 Å². The highest BCUT2D eigenvalue weighted by molar-refractivity contribution is 5.84. The highest BCUT2D eigenvalue weighted by Crippen LogP contribution is 2.39. The van der Waals surface area contributed by atoms with E-state index in [4.69, 9.17) is 4.99 Å². The number of guanidine groups is 1. The summed E-state index contributed by atoms with van der Waals surface area (Å²) in [5, 5.41) is 11.2. The van der Waals surface area contributed by atoms with Crippen LogP contribution in [0.15, 0.2) is 41.5 Å². The van der Waals surface area contributed by atoms with Crippen molar-refractivity contribution in [1.82, 2.24) is 25.3 Å². The fourth-order valence-electron chi connectivity index (χ4n) is 4.08. The Bertz CT molecular complexity index is 884. The highest BCUT2D eigenvalue weighted by Gasteiger charge is 2.42. The SMILES string of the molecule is CCNC(=NCC1(C(=O)N(C)C)CCCC1)NCCc1ccn(-c2ccc(F)cc2)n1. The van der Waals surface area contributed by atoms with Gasteiger partial charge in [0.1, 0.15) is 5.82 Å². The average molecular weight is 429 g/mol. The standard InChI is InChI=1S/C23H33FN6O/c1-4-25-22(27-17-23(13-5-6-14-23)21(31)29(2)3)26-15-11-19-12-16-30(28-19)20-9-7-18(24)8-10-20/h7-10,12,16H,4-6,11,13-15,17H2,1-3H3,(H2,25,26,27). The van der Waals surface area contributed by atoms with Crippen LogP contribution in [0.5, 0.6) is 0 Å². The van der Waals surface area contributed by atoms with Gasteiger partial charge in [0, 0.05) is 39.8 Å². The summed E-state index contributed by atoms with van der Waals surface area (Å²) in [6.07, 6.45) is 6.55. The molecular formula is C23H33FN6O. The van der Waals surface area contributed by atoms with Crippen LogP contribution in [-0.4, -0.2) is 60.3 Å². The predicted molar refractivity (Wildman–Crippen MR) is 121 cm³/mol. The maximum atomic E-state index is 13.1. The van der Waals surface area contributed by atoms with E-state index in [-0.39, 0.29) is 17.1 Å². The molecule has 0 unspecified atom stereocenters. The van der Waals surface area contributed by atoms with Gasteiger partial charge < -0.3 is 15.5 Å². The molecule has 8 heteroatoms. The molecule has 2 aromatic rings. The van der Waals surface area contributed by atoms with Crippen molar-refractivity contribution in [2.75, 3.05) is 33.7 Å². The van der Waals surface area contributed by atoms with Gasteiger partial charge >= 0.3 is 0 Å². The first-order valence-corrected chi connectivity index (χ1v) is 11.0. The average Bonchev–Trinajstić information content (AvgIpc) is 3.42. The number of benzene rings is 1. The molecule has 0 saturated heterocycles. The molecule has 31 heavy (non-hydrogen) atoms. The number of amides is 1. The van der Waals surface area contributed by atoms with Crippen molar-refractivity contribution < 1.29 is 9.18 Å². The number of nitrogens with one attached hydrogen (secondary N) is 2. The molecule has 3 rings (SSSR count). The van der Waals surface area contributed by atoms with Gasteiger partial charge in [-0.1, -0.05) is 12.8 Å². The van der Waals surface area contributed by atoms with Crippen LogP contribution in [0.25, 0.3) is 5.69 Å². The normalized spacial score (nSPS) is 15.7. The fourth-order valence-corrected chi connectivity index (χ4v) is 4.08. The lowest BCUT2D eigenvalue weighted by Crippen LogP contribution is -2.43. The molecule has 1 saturated carbocycles. The van der Waals surface area contributed by atoms with Crippen LogP contribution in [-0.2, 0) is 11.2 Å². The number of nitrogens with zero attached hydrogens (tertiary/aromatic N) is 4. The minimum Gasteiger partial charge on any atom is -0.357 e. The van der Waals surface area contributed by atoms with Crippen molar-refractivity contribution in [2.24, 2.45) is 10.4 Å². The number of carbonyl (C=O) groups is 1. The van der Waals surface area contributed by atoms with Crippen molar-refractivity contribution in [2.45, 2.75) is 39.0 Å². The largest absolute Gasteiger partial charge is 0.357 e. The van der Waals surface area contributed by atoms with Gasteiger partial charge in [-0.05, 0) is 50.1 Å². The molecule has 0 atom stereocenters. The summed E-state index contributed by atoms with van der Waals surface area (Å²) in [5.74, 6) is 0.636. The molecule has 168 valence electrons. The molecule has 1 aliphatic rings. The van der Waals surface area contributed by atoms with Crippen LogP contribution in [0.3, 0.4) is 0 Å². The van der Waals surface area contributed by atoms with Gasteiger partial charge in [-0.15, -0.1) is 0 Å². The molecule has 7 nitrogen and oxygen atoms in total. The van der Waals surface area contributed by atoms with E-state index in [1.165, 1.54) is 12.1 Å². The molecule has 1 aromatic carbocycles. The van der Waals surface area contributed by atoms with E-state index in [2.05, 4.69) is 15.7 Å². The third-order valence-corrected chi connectivity index (χ3v) is 5.71. The van der Waals surface area contributed by atoms with Crippen LogP contribution < -0.4 is 10.6 Å². The topological polar surface area (TPSA) is 74.6 Å². The summed E-state index contributed by atoms with van der Waals surface area (Å²) >= 11 is 0. The van der Waals surface area contributed by atoms with E-state index in [0.29, 0.717) is 13.1 Å². The second-order valence-electron chi connectivity index (χ2n) is 8.29. The van der Waals surface area contributed by atoms with E-state index in [0.717, 1.165) is 56.0 Å². The van der Waals surface area contributed by atoms with Crippen LogP contribution in [0, 0.1) is 11.2 Å². The number of carbonyl (C=O) groups excluding carboxylic acids is 1. The van der Waals surface area contributed by atoms with Gasteiger partial charge in [0.15, 0.2) is 5.96 Å². The van der Waals surface area contributed by atoms with Crippen LogP contribution in [0.1, 0.15) is 38.3 Å². The Morgan fingerprint density at radius 3 is 2.55 bits per heavy atom. The lowest BCUT2D eigenvalue weighted by molar-refractivity contribution is -0.138. The van der Waals surface area contributed by atoms with E-state index in [1.54, 1.807) is 21.7 Å². The first-order valence-electron chi connectivity index (χ1n) is 11.0. The van der Waals surface area contributed by atoms with E-state index in [1.807, 2.05) is 33.3 Å². The van der Waals surface area contributed by atoms with Crippen molar-refractivity contribution in [3.63, 3.8) is 0 Å². The molecular weight excluding hydrogens is 395 g/mol. The minimum absolute atomic E-state index is 0.177. The number of halogens is 1. The molecule has 1 aromatic heterocycles. The number of aromatic nitrogens is 2. The van der Waals surface area contributed by atoms with E-state index < -0.39 is 0 Å². The molecule has 1 heterocycles. The van der Waals surface area contributed by atoms with Gasteiger partial charge in [-0.2, -0.15) is 5.10 Å². The lowest BCUT2D eigenvalue weighted by Gasteiger charge is -2.29. The predicted octanol–water partition coefficient (Wildman–Crippen LogP) is 2.76. The zero-order chi connectivity index (χ0) is 22.3. The van der Waals surface area contributed by atoms with Crippen LogP contribution in [0.4, 0.5) is 4.39 Å². The first kappa shape index (κ1) is 22.8. The summed E-state index contributed by atoms with van der Waals surface area (Å²) < 4.78 is 14.8. The summed E-state index contributed by atoms with van der Waals surface area (Å²) in [6.45, 7) is 3.94. The molecule has 2 N–H and O–H groups in total. The number of aliphatic imine (C=N–C) groups is 1. The van der Waals surface area contributed by atoms with Gasteiger partial charge in [0.2, 0.25) is 5.91 Å². The Hall–Kier alpha value is -2.90. The molecule has 1 amide bonds. The molecule has 1 aliphatic carbocycles. The van der Waals surface area contributed by atoms with Crippen LogP contribution >= 0.6 is 0 Å². The number of hydrogen-bond acceptors (Lipinski definition) is 3. The minimum atomic E-state index is -0.375. The highest BCUT2D eigenvalue weighted by atomic mass is 19.1. The van der Waals surface area contributed by atoms with Crippen molar-refractivity contribution in [3.05, 3.63) is 48.0 Å². The number of hydrogen-bond donors (Lipinski definition) is 2. The van der Waals surface area contributed by atoms with E-state index >= 15 is 0 Å². The van der Waals surface area contributed by atoms with Crippen LogP contribution in [0.2, 0.25) is 0 Å². The molecule has 1 fully saturated rings. The molecule has 0 radical (unpaired) electrons. The van der Waals surface area contributed by atoms with Gasteiger partial charge in [0.05, 0.1) is 23.3 Å². The summed E-state index contributed by atoms with van der Waals surface area (Å²) in [7, 11) is 3.64. The van der Waals surface area contributed by atoms with E-state index in [9.17, 15) is 9.18 Å². The second kappa shape index (κ2) is 10.4. The molecule has 0 aliphatic heterocycles. The Labute approximate surface area is 183 Å². The number of rotatable bonds is 8. The molecule has 0 bridgehead atoms. The smallest absolute Gasteiger partial charge is 0.230 e. The Kier molecular flexibility index (Phi) is 7.65. The van der Waals surface area contributed by atoms with Crippen molar-refractivity contribution in [1.29, 1.82) is 0 Å². The summed E-state index contributed by atoms with van der Waals surface area (Å²) in [4.78, 5) is 19.2. The summed E-state index contributed by atoms with van der Waals surface area (Å²) in [5.41, 5.74) is 1.38. The fraction of sp³-hybridized carbons (Fsp3) is 0.522. The third kappa shape index (κ3) is 5.83. The zero-order valence-electron chi connectivity index (χ0n) is 18.7. The molecule has 0 spiro atoms. The summed E-state index contributed by atoms with van der Waals surface area (Å²) in [6, 6.07) is 8.21. The Morgan fingerprint density at radius 2 is 1.90 bits per heavy atom. The Balaban J connectivity index is 1.58. The lowest BCUT2D eigenvalue weighted by atomic mass is 9.85. The monoisotopic (exact) mass is 428 g/mol.